The number of carbonyl (C=O) groups excluding carboxylic acids is 2. The van der Waals surface area contributed by atoms with Crippen molar-refractivity contribution >= 4 is 27.5 Å². The van der Waals surface area contributed by atoms with Crippen LogP contribution >= 0.6 is 0 Å². The van der Waals surface area contributed by atoms with E-state index in [1.165, 1.54) is 10.4 Å². The zero-order valence-corrected chi connectivity index (χ0v) is 16.4. The Morgan fingerprint density at radius 3 is 2.56 bits per heavy atom. The molecule has 27 heavy (non-hydrogen) atoms. The number of hydrogen-bond acceptors (Lipinski definition) is 4. The van der Waals surface area contributed by atoms with Gasteiger partial charge in [0.05, 0.1) is 4.90 Å². The van der Waals surface area contributed by atoms with Crippen LogP contribution in [0.3, 0.4) is 0 Å². The number of amides is 2. The molecule has 1 fully saturated rings. The normalized spacial score (nSPS) is 26.0. The lowest BCUT2D eigenvalue weighted by atomic mass is 9.95. The van der Waals surface area contributed by atoms with Gasteiger partial charge in [-0.3, -0.25) is 9.59 Å². The summed E-state index contributed by atoms with van der Waals surface area (Å²) in [6.45, 7) is 7.17. The highest BCUT2D eigenvalue weighted by atomic mass is 32.2. The highest BCUT2D eigenvalue weighted by Crippen LogP contribution is 2.32. The first kappa shape index (κ1) is 19.6. The Kier molecular flexibility index (Phi) is 5.39. The van der Waals surface area contributed by atoms with E-state index >= 15 is 0 Å². The van der Waals surface area contributed by atoms with Gasteiger partial charge in [-0.15, -0.1) is 0 Å². The quantitative estimate of drug-likeness (QED) is 0.765. The predicted octanol–water partition coefficient (Wildman–Crippen LogP) is 1.80. The largest absolute Gasteiger partial charge is 0.350 e. The van der Waals surface area contributed by atoms with Gasteiger partial charge in [-0.1, -0.05) is 6.58 Å². The van der Waals surface area contributed by atoms with Crippen LogP contribution in [0.5, 0.6) is 0 Å². The van der Waals surface area contributed by atoms with Crippen molar-refractivity contribution in [2.24, 2.45) is 0 Å². The maximum atomic E-state index is 13.3. The minimum absolute atomic E-state index is 0.0519. The molecule has 0 aliphatic carbocycles. The molecule has 3 rings (SSSR count). The van der Waals surface area contributed by atoms with Crippen molar-refractivity contribution in [1.82, 2.24) is 9.62 Å². The number of piperidine rings is 1. The first-order valence-electron chi connectivity index (χ1n) is 9.11. The fourth-order valence-corrected chi connectivity index (χ4v) is 5.95. The minimum atomic E-state index is -3.68. The number of benzene rings is 1. The number of nitrogens with one attached hydrogen (secondary N) is 2. The maximum absolute atomic E-state index is 13.3. The van der Waals surface area contributed by atoms with Crippen LogP contribution in [-0.2, 0) is 26.0 Å². The van der Waals surface area contributed by atoms with Gasteiger partial charge in [0, 0.05) is 30.2 Å². The Labute approximate surface area is 159 Å². The SMILES string of the molecule is C=CC(=O)NC1CC(C)N(S(=O)(=O)c2ccc3c(c2)CCC(=O)N3)C(C)C1. The summed E-state index contributed by atoms with van der Waals surface area (Å²) in [4.78, 5) is 23.3. The molecule has 146 valence electrons. The second-order valence-corrected chi connectivity index (χ2v) is 9.12. The van der Waals surface area contributed by atoms with E-state index in [1.807, 2.05) is 13.8 Å². The molecule has 8 heteroatoms. The summed E-state index contributed by atoms with van der Waals surface area (Å²) in [6, 6.07) is 4.30. The summed E-state index contributed by atoms with van der Waals surface area (Å²) >= 11 is 0. The Bertz CT molecular complexity index is 869. The zero-order chi connectivity index (χ0) is 19.8. The lowest BCUT2D eigenvalue weighted by Gasteiger charge is -2.41. The van der Waals surface area contributed by atoms with E-state index in [1.54, 1.807) is 18.2 Å². The Morgan fingerprint density at radius 2 is 1.93 bits per heavy atom. The highest BCUT2D eigenvalue weighted by molar-refractivity contribution is 7.89. The number of sulfonamides is 1. The molecule has 1 aromatic rings. The van der Waals surface area contributed by atoms with Gasteiger partial charge in [0.25, 0.3) is 0 Å². The predicted molar refractivity (Wildman–Crippen MR) is 103 cm³/mol. The van der Waals surface area contributed by atoms with Crippen molar-refractivity contribution in [3.63, 3.8) is 0 Å². The zero-order valence-electron chi connectivity index (χ0n) is 15.6. The molecule has 2 unspecified atom stereocenters. The smallest absolute Gasteiger partial charge is 0.243 e. The number of fused-ring (bicyclic) bond motifs is 1. The van der Waals surface area contributed by atoms with Crippen LogP contribution < -0.4 is 10.6 Å². The lowest BCUT2D eigenvalue weighted by Crippen LogP contribution is -2.54. The summed E-state index contributed by atoms with van der Waals surface area (Å²) in [5.41, 5.74) is 1.52. The Morgan fingerprint density at radius 1 is 1.26 bits per heavy atom. The highest BCUT2D eigenvalue weighted by Gasteiger charge is 2.39. The lowest BCUT2D eigenvalue weighted by molar-refractivity contribution is -0.118. The van der Waals surface area contributed by atoms with Crippen LogP contribution in [0.4, 0.5) is 5.69 Å². The van der Waals surface area contributed by atoms with Gasteiger partial charge in [-0.25, -0.2) is 8.42 Å². The average Bonchev–Trinajstić information content (AvgIpc) is 2.60. The van der Waals surface area contributed by atoms with Crippen molar-refractivity contribution in [2.75, 3.05) is 5.32 Å². The van der Waals surface area contributed by atoms with E-state index in [2.05, 4.69) is 17.2 Å². The number of hydrogen-bond donors (Lipinski definition) is 2. The number of nitrogens with zero attached hydrogens (tertiary/aromatic N) is 1. The fraction of sp³-hybridized carbons (Fsp3) is 0.474. The summed E-state index contributed by atoms with van der Waals surface area (Å²) in [5, 5.41) is 5.64. The molecular weight excluding hydrogens is 366 g/mol. The van der Waals surface area contributed by atoms with Gasteiger partial charge in [0.1, 0.15) is 0 Å². The van der Waals surface area contributed by atoms with Crippen LogP contribution in [0.15, 0.2) is 35.7 Å². The van der Waals surface area contributed by atoms with Crippen LogP contribution in [0.25, 0.3) is 0 Å². The molecule has 2 heterocycles. The number of aryl methyl sites for hydroxylation is 1. The maximum Gasteiger partial charge on any atom is 0.243 e. The van der Waals surface area contributed by atoms with E-state index in [4.69, 9.17) is 0 Å². The monoisotopic (exact) mass is 391 g/mol. The first-order valence-corrected chi connectivity index (χ1v) is 10.6. The number of rotatable bonds is 4. The molecule has 0 spiro atoms. The minimum Gasteiger partial charge on any atom is -0.350 e. The third-order valence-electron chi connectivity index (χ3n) is 5.20. The molecule has 0 saturated carbocycles. The van der Waals surface area contributed by atoms with E-state index in [0.717, 1.165) is 5.56 Å². The molecule has 0 bridgehead atoms. The Balaban J connectivity index is 1.83. The van der Waals surface area contributed by atoms with Gasteiger partial charge in [-0.2, -0.15) is 4.31 Å². The van der Waals surface area contributed by atoms with Gasteiger partial charge in [-0.05, 0) is 62.9 Å². The van der Waals surface area contributed by atoms with Crippen molar-refractivity contribution in [3.8, 4) is 0 Å². The Hall–Kier alpha value is -2.19. The summed E-state index contributed by atoms with van der Waals surface area (Å²) in [5.74, 6) is -0.295. The van der Waals surface area contributed by atoms with Gasteiger partial charge in [0.15, 0.2) is 0 Å². The summed E-state index contributed by atoms with van der Waals surface area (Å²) in [7, 11) is -3.68. The van der Waals surface area contributed by atoms with Crippen molar-refractivity contribution in [2.45, 2.75) is 62.6 Å². The van der Waals surface area contributed by atoms with Crippen LogP contribution in [0.2, 0.25) is 0 Å². The molecule has 2 amide bonds. The second kappa shape index (κ2) is 7.44. The fourth-order valence-electron chi connectivity index (χ4n) is 4.06. The standard InChI is InChI=1S/C19H25N3O4S/c1-4-18(23)20-15-9-12(2)22(13(3)10-15)27(25,26)16-6-7-17-14(11-16)5-8-19(24)21-17/h4,6-7,11-13,15H,1,5,8-10H2,2-3H3,(H,20,23)(H,21,24). The van der Waals surface area contributed by atoms with Crippen LogP contribution in [0, 0.1) is 0 Å². The molecular formula is C19H25N3O4S. The van der Waals surface area contributed by atoms with E-state index < -0.39 is 10.0 Å². The molecule has 2 aliphatic heterocycles. The third kappa shape index (κ3) is 3.91. The van der Waals surface area contributed by atoms with Crippen LogP contribution in [0.1, 0.15) is 38.7 Å². The average molecular weight is 391 g/mol. The molecule has 1 aromatic carbocycles. The van der Waals surface area contributed by atoms with Gasteiger partial charge in [0.2, 0.25) is 21.8 Å². The topological polar surface area (TPSA) is 95.6 Å². The second-order valence-electron chi connectivity index (χ2n) is 7.28. The van der Waals surface area contributed by atoms with Crippen molar-refractivity contribution in [3.05, 3.63) is 36.4 Å². The number of anilines is 1. The van der Waals surface area contributed by atoms with Crippen molar-refractivity contribution in [1.29, 1.82) is 0 Å². The van der Waals surface area contributed by atoms with Crippen LogP contribution in [-0.4, -0.2) is 42.7 Å². The first-order chi connectivity index (χ1) is 12.7. The van der Waals surface area contributed by atoms with E-state index in [0.29, 0.717) is 31.4 Å². The van der Waals surface area contributed by atoms with Crippen molar-refractivity contribution < 1.29 is 18.0 Å². The summed E-state index contributed by atoms with van der Waals surface area (Å²) in [6.07, 6.45) is 3.21. The van der Waals surface area contributed by atoms with Gasteiger partial charge < -0.3 is 10.6 Å². The molecule has 1 saturated heterocycles. The molecule has 0 aromatic heterocycles. The molecule has 0 radical (unpaired) electrons. The summed E-state index contributed by atoms with van der Waals surface area (Å²) < 4.78 is 28.1. The number of carbonyl (C=O) groups is 2. The molecule has 2 N–H and O–H groups in total. The molecule has 2 aliphatic rings. The van der Waals surface area contributed by atoms with E-state index in [9.17, 15) is 18.0 Å². The van der Waals surface area contributed by atoms with Gasteiger partial charge >= 0.3 is 0 Å². The van der Waals surface area contributed by atoms with E-state index in [-0.39, 0.29) is 34.8 Å². The molecule has 7 nitrogen and oxygen atoms in total. The third-order valence-corrected chi connectivity index (χ3v) is 7.32. The molecule has 2 atom stereocenters.